The molecule has 0 unspecified atom stereocenters. The number of ketones is 1. The normalized spacial score (nSPS) is 21.8. The zero-order valence-corrected chi connectivity index (χ0v) is 15.6. The summed E-state index contributed by atoms with van der Waals surface area (Å²) in [6.07, 6.45) is 1.22. The first-order chi connectivity index (χ1) is 12.3. The fraction of sp³-hybridized carbons (Fsp3) is 0.429. The lowest BCUT2D eigenvalue weighted by atomic mass is 9.69. The molecule has 1 aromatic carbocycles. The summed E-state index contributed by atoms with van der Waals surface area (Å²) in [6, 6.07) is 7.32. The Morgan fingerprint density at radius 3 is 2.77 bits per heavy atom. The third-order valence-electron chi connectivity index (χ3n) is 4.98. The zero-order valence-electron chi connectivity index (χ0n) is 15.6. The van der Waals surface area contributed by atoms with Gasteiger partial charge in [0.2, 0.25) is 0 Å². The van der Waals surface area contributed by atoms with Gasteiger partial charge in [0.05, 0.1) is 24.2 Å². The molecule has 1 heterocycles. The van der Waals surface area contributed by atoms with Gasteiger partial charge in [-0.2, -0.15) is 5.26 Å². The zero-order chi connectivity index (χ0) is 19.1. The SMILES string of the molecule is CCOc1cc([C@H]2C(C#N)=C(C)NC3=C2C(=O)CC(C)(C)C3)ccc1O. The van der Waals surface area contributed by atoms with Gasteiger partial charge in [0.1, 0.15) is 0 Å². The molecule has 0 bridgehead atoms. The van der Waals surface area contributed by atoms with Crippen LogP contribution in [0.3, 0.4) is 0 Å². The molecule has 2 aliphatic rings. The molecule has 0 aromatic heterocycles. The molecule has 0 saturated heterocycles. The van der Waals surface area contributed by atoms with Crippen LogP contribution in [0.25, 0.3) is 0 Å². The van der Waals surface area contributed by atoms with E-state index < -0.39 is 5.92 Å². The number of rotatable bonds is 3. The van der Waals surface area contributed by atoms with Crippen LogP contribution in [0.5, 0.6) is 11.5 Å². The highest BCUT2D eigenvalue weighted by Crippen LogP contribution is 2.47. The first kappa shape index (κ1) is 18.1. The maximum absolute atomic E-state index is 13.0. The van der Waals surface area contributed by atoms with E-state index in [1.807, 2.05) is 13.8 Å². The van der Waals surface area contributed by atoms with Crippen molar-refractivity contribution in [2.45, 2.75) is 46.5 Å². The van der Waals surface area contributed by atoms with Gasteiger partial charge < -0.3 is 15.2 Å². The summed E-state index contributed by atoms with van der Waals surface area (Å²) in [4.78, 5) is 13.0. The molecule has 0 amide bonds. The molecule has 0 fully saturated rings. The number of nitrogens with zero attached hydrogens (tertiary/aromatic N) is 1. The highest BCUT2D eigenvalue weighted by atomic mass is 16.5. The van der Waals surface area contributed by atoms with Gasteiger partial charge in [-0.1, -0.05) is 19.9 Å². The summed E-state index contributed by atoms with van der Waals surface area (Å²) in [5.74, 6) is 0.0537. The van der Waals surface area contributed by atoms with E-state index in [-0.39, 0.29) is 16.9 Å². The smallest absolute Gasteiger partial charge is 0.162 e. The molecule has 0 saturated carbocycles. The maximum Gasteiger partial charge on any atom is 0.162 e. The van der Waals surface area contributed by atoms with E-state index in [0.717, 1.165) is 23.4 Å². The van der Waals surface area contributed by atoms with E-state index in [9.17, 15) is 15.2 Å². The number of phenolic OH excluding ortho intramolecular Hbond substituents is 1. The van der Waals surface area contributed by atoms with Gasteiger partial charge >= 0.3 is 0 Å². The number of aromatic hydroxyl groups is 1. The number of nitriles is 1. The highest BCUT2D eigenvalue weighted by molar-refractivity contribution is 6.00. The Labute approximate surface area is 154 Å². The Morgan fingerprint density at radius 2 is 2.12 bits per heavy atom. The monoisotopic (exact) mass is 352 g/mol. The van der Waals surface area contributed by atoms with Crippen LogP contribution in [0.2, 0.25) is 0 Å². The van der Waals surface area contributed by atoms with Crippen LogP contribution >= 0.6 is 0 Å². The van der Waals surface area contributed by atoms with Crippen LogP contribution < -0.4 is 10.1 Å². The van der Waals surface area contributed by atoms with Crippen molar-refractivity contribution in [3.05, 3.63) is 46.3 Å². The van der Waals surface area contributed by atoms with Crippen LogP contribution in [0.15, 0.2) is 40.7 Å². The molecular weight excluding hydrogens is 328 g/mol. The largest absolute Gasteiger partial charge is 0.504 e. The number of phenols is 1. The van der Waals surface area contributed by atoms with Crippen molar-refractivity contribution in [1.82, 2.24) is 5.32 Å². The predicted molar refractivity (Wildman–Crippen MR) is 98.5 cm³/mol. The summed E-state index contributed by atoms with van der Waals surface area (Å²) in [5, 5.41) is 23.0. The number of hydrogen-bond donors (Lipinski definition) is 2. The molecule has 26 heavy (non-hydrogen) atoms. The van der Waals surface area contributed by atoms with Crippen molar-refractivity contribution < 1.29 is 14.6 Å². The van der Waals surface area contributed by atoms with E-state index >= 15 is 0 Å². The number of carbonyl (C=O) groups is 1. The molecule has 5 heteroatoms. The average Bonchev–Trinajstić information content (AvgIpc) is 2.54. The second-order valence-electron chi connectivity index (χ2n) is 7.70. The van der Waals surface area contributed by atoms with Crippen molar-refractivity contribution in [3.8, 4) is 17.6 Å². The number of ether oxygens (including phenoxy) is 1. The van der Waals surface area contributed by atoms with Crippen molar-refractivity contribution in [3.63, 3.8) is 0 Å². The highest BCUT2D eigenvalue weighted by Gasteiger charge is 2.41. The number of hydrogen-bond acceptors (Lipinski definition) is 5. The third kappa shape index (κ3) is 3.08. The molecule has 0 radical (unpaired) electrons. The number of nitrogens with one attached hydrogen (secondary N) is 1. The van der Waals surface area contributed by atoms with Crippen molar-refractivity contribution in [2.75, 3.05) is 6.61 Å². The number of allylic oxidation sites excluding steroid dienone is 4. The molecule has 1 aromatic rings. The standard InChI is InChI=1S/C21H24N2O3/c1-5-26-18-8-13(6-7-16(18)24)19-14(11-22)12(2)23-15-9-21(3,4)10-17(25)20(15)19/h6-8,19,23-24H,5,9-10H2,1-4H3/t19-/m0/s1. The Balaban J connectivity index is 2.17. The first-order valence-electron chi connectivity index (χ1n) is 8.87. The Hall–Kier alpha value is -2.74. The van der Waals surface area contributed by atoms with Crippen molar-refractivity contribution in [1.29, 1.82) is 5.26 Å². The summed E-state index contributed by atoms with van der Waals surface area (Å²) in [6.45, 7) is 8.29. The van der Waals surface area contributed by atoms with Crippen molar-refractivity contribution in [2.24, 2.45) is 5.41 Å². The Bertz CT molecular complexity index is 872. The van der Waals surface area contributed by atoms with Crippen LogP contribution in [0.4, 0.5) is 0 Å². The fourth-order valence-corrected chi connectivity index (χ4v) is 3.90. The molecule has 2 N–H and O–H groups in total. The lowest BCUT2D eigenvalue weighted by molar-refractivity contribution is -0.118. The van der Waals surface area contributed by atoms with Crippen LogP contribution in [0, 0.1) is 16.7 Å². The molecule has 5 nitrogen and oxygen atoms in total. The number of benzene rings is 1. The summed E-state index contributed by atoms with van der Waals surface area (Å²) >= 11 is 0. The number of carbonyl (C=O) groups excluding carboxylic acids is 1. The first-order valence-corrected chi connectivity index (χ1v) is 8.87. The summed E-state index contributed by atoms with van der Waals surface area (Å²) in [7, 11) is 0. The molecule has 0 spiro atoms. The van der Waals surface area contributed by atoms with Gasteiger partial charge in [-0.05, 0) is 43.4 Å². The molecule has 1 atom stereocenters. The number of Topliss-reactive ketones (excluding diaryl/α,β-unsaturated/α-hetero) is 1. The molecule has 136 valence electrons. The summed E-state index contributed by atoms with van der Waals surface area (Å²) < 4.78 is 5.49. The third-order valence-corrected chi connectivity index (χ3v) is 4.98. The van der Waals surface area contributed by atoms with Crippen LogP contribution in [-0.4, -0.2) is 17.5 Å². The van der Waals surface area contributed by atoms with Gasteiger partial charge in [-0.15, -0.1) is 0 Å². The quantitative estimate of drug-likeness (QED) is 0.861. The fourth-order valence-electron chi connectivity index (χ4n) is 3.90. The van der Waals surface area contributed by atoms with Gasteiger partial charge in [0.25, 0.3) is 0 Å². The summed E-state index contributed by atoms with van der Waals surface area (Å²) in [5.41, 5.74) is 3.55. The van der Waals surface area contributed by atoms with Gasteiger partial charge in [-0.3, -0.25) is 4.79 Å². The van der Waals surface area contributed by atoms with Crippen molar-refractivity contribution >= 4 is 5.78 Å². The Morgan fingerprint density at radius 1 is 1.38 bits per heavy atom. The average molecular weight is 352 g/mol. The Kier molecular flexibility index (Phi) is 4.53. The van der Waals surface area contributed by atoms with Gasteiger partial charge in [0, 0.05) is 23.4 Å². The van der Waals surface area contributed by atoms with E-state index in [1.165, 1.54) is 0 Å². The van der Waals surface area contributed by atoms with Crippen LogP contribution in [-0.2, 0) is 4.79 Å². The second-order valence-corrected chi connectivity index (χ2v) is 7.70. The molecule has 1 aliphatic carbocycles. The van der Waals surface area contributed by atoms with E-state index in [1.54, 1.807) is 18.2 Å². The lowest BCUT2D eigenvalue weighted by Crippen LogP contribution is -2.36. The molecule has 1 aliphatic heterocycles. The van der Waals surface area contributed by atoms with E-state index in [2.05, 4.69) is 25.2 Å². The van der Waals surface area contributed by atoms with E-state index in [4.69, 9.17) is 4.74 Å². The molecule has 3 rings (SSSR count). The topological polar surface area (TPSA) is 82.3 Å². The minimum atomic E-state index is -0.431. The lowest BCUT2D eigenvalue weighted by Gasteiger charge is -2.38. The minimum Gasteiger partial charge on any atom is -0.504 e. The number of dihydropyridines is 1. The second kappa shape index (κ2) is 6.53. The van der Waals surface area contributed by atoms with Crippen LogP contribution in [0.1, 0.15) is 52.0 Å². The maximum atomic E-state index is 13.0. The predicted octanol–water partition coefficient (Wildman–Crippen LogP) is 3.92. The van der Waals surface area contributed by atoms with E-state index in [0.29, 0.717) is 29.9 Å². The minimum absolute atomic E-state index is 0.0500. The molecular formula is C21H24N2O3. The van der Waals surface area contributed by atoms with Gasteiger partial charge in [-0.25, -0.2) is 0 Å². The van der Waals surface area contributed by atoms with Gasteiger partial charge in [0.15, 0.2) is 17.3 Å².